The number of aromatic nitrogens is 3. The van der Waals surface area contributed by atoms with Gasteiger partial charge in [-0.2, -0.15) is 5.10 Å². The maximum Gasteiger partial charge on any atom is 0.228 e. The minimum atomic E-state index is -0.448. The molecule has 2 aromatic heterocycles. The van der Waals surface area contributed by atoms with Crippen molar-refractivity contribution in [2.24, 2.45) is 7.05 Å². The minimum absolute atomic E-state index is 0.111. The zero-order valence-corrected chi connectivity index (χ0v) is 22.9. The first-order valence-electron chi connectivity index (χ1n) is 13.6. The molecule has 0 aliphatic carbocycles. The van der Waals surface area contributed by atoms with Crippen LogP contribution in [0.5, 0.6) is 0 Å². The van der Waals surface area contributed by atoms with Gasteiger partial charge in [-0.25, -0.2) is 4.98 Å². The van der Waals surface area contributed by atoms with E-state index in [2.05, 4.69) is 31.1 Å². The van der Waals surface area contributed by atoms with Crippen LogP contribution in [0.2, 0.25) is 0 Å². The number of aryl methyl sites for hydroxylation is 1. The van der Waals surface area contributed by atoms with Crippen LogP contribution in [0.15, 0.2) is 36.5 Å². The van der Waals surface area contributed by atoms with Crippen molar-refractivity contribution in [1.82, 2.24) is 25.0 Å². The number of anilines is 3. The molecule has 10 nitrogen and oxygen atoms in total. The number of nitrogen functional groups attached to an aromatic ring is 1. The van der Waals surface area contributed by atoms with Gasteiger partial charge in [0.1, 0.15) is 12.1 Å². The van der Waals surface area contributed by atoms with E-state index in [1.165, 1.54) is 0 Å². The number of rotatable bonds is 8. The van der Waals surface area contributed by atoms with E-state index in [0.717, 1.165) is 73.5 Å². The summed E-state index contributed by atoms with van der Waals surface area (Å²) in [5, 5.41) is 8.46. The summed E-state index contributed by atoms with van der Waals surface area (Å²) in [6, 6.07) is 10.6. The number of amides is 1. The molecule has 0 spiro atoms. The molecule has 10 heteroatoms. The molecule has 3 N–H and O–H groups in total. The maximum absolute atomic E-state index is 12.6. The number of fused-ring (bicyclic) bond motifs is 1. The van der Waals surface area contributed by atoms with Crippen LogP contribution in [0.1, 0.15) is 38.3 Å². The highest BCUT2D eigenvalue weighted by Gasteiger charge is 2.35. The fraction of sp³-hybridized carbons (Fsp3) is 0.500. The summed E-state index contributed by atoms with van der Waals surface area (Å²) < 4.78 is 1.88. The molecule has 1 aromatic carbocycles. The third kappa shape index (κ3) is 5.45. The van der Waals surface area contributed by atoms with Crippen molar-refractivity contribution in [3.63, 3.8) is 0 Å². The smallest absolute Gasteiger partial charge is 0.228 e. The van der Waals surface area contributed by atoms with E-state index >= 15 is 0 Å². The molecule has 1 unspecified atom stereocenters. The fourth-order valence-electron chi connectivity index (χ4n) is 5.47. The summed E-state index contributed by atoms with van der Waals surface area (Å²) in [4.78, 5) is 35.2. The Labute approximate surface area is 224 Å². The monoisotopic (exact) mass is 520 g/mol. The molecule has 4 heterocycles. The van der Waals surface area contributed by atoms with Gasteiger partial charge in [-0.3, -0.25) is 14.4 Å². The number of para-hydroxylation sites is 1. The summed E-state index contributed by atoms with van der Waals surface area (Å²) in [6.07, 6.45) is 3.49. The largest absolute Gasteiger partial charge is 0.384 e. The number of carbonyl (C=O) groups excluding carboxylic acids is 2. The molecular weight excluding hydrogens is 480 g/mol. The van der Waals surface area contributed by atoms with E-state index in [1.54, 1.807) is 7.05 Å². The SMILES string of the molecule is CC.CNC(=O)C(CCC=O)c1nn(C)c2c(N3CC(N4CCN(c5ccc(N)nc5)CC4)C3)cccc12. The second-order valence-electron chi connectivity index (χ2n) is 9.62. The number of nitrogens with two attached hydrogens (primary N) is 1. The lowest BCUT2D eigenvalue weighted by Gasteiger charge is -2.49. The number of carbonyl (C=O) groups is 2. The van der Waals surface area contributed by atoms with Gasteiger partial charge in [-0.05, 0) is 24.6 Å². The van der Waals surface area contributed by atoms with Gasteiger partial charge in [0.15, 0.2) is 0 Å². The summed E-state index contributed by atoms with van der Waals surface area (Å²) in [7, 11) is 3.55. The molecule has 1 atom stereocenters. The van der Waals surface area contributed by atoms with Crippen LogP contribution in [0.4, 0.5) is 17.2 Å². The standard InChI is InChI=1S/C26H34N8O2.C2H6/c1-28-26(36)21(6-4-14-35)24-20-5-3-7-22(25(20)31(2)30-24)34-16-19(17-34)33-12-10-32(11-13-33)18-8-9-23(27)29-15-18;1-2/h3,5,7-9,14-15,19,21H,4,6,10-13,16-17H2,1-2H3,(H2,27,29)(H,28,36);1-2H3. The molecule has 0 saturated carbocycles. The van der Waals surface area contributed by atoms with Crippen LogP contribution in [-0.2, 0) is 16.6 Å². The van der Waals surface area contributed by atoms with E-state index in [9.17, 15) is 9.59 Å². The lowest BCUT2D eigenvalue weighted by Crippen LogP contribution is -2.63. The zero-order chi connectivity index (χ0) is 27.2. The summed E-state index contributed by atoms with van der Waals surface area (Å²) in [5.41, 5.74) is 9.76. The van der Waals surface area contributed by atoms with Crippen LogP contribution < -0.4 is 20.9 Å². The zero-order valence-electron chi connectivity index (χ0n) is 22.9. The number of hydrogen-bond donors (Lipinski definition) is 2. The Morgan fingerprint density at radius 2 is 1.87 bits per heavy atom. The molecule has 1 amide bonds. The molecule has 2 fully saturated rings. The molecule has 0 bridgehead atoms. The average Bonchev–Trinajstić information content (AvgIpc) is 3.26. The van der Waals surface area contributed by atoms with E-state index in [4.69, 9.17) is 10.8 Å². The van der Waals surface area contributed by atoms with Crippen molar-refractivity contribution in [3.05, 3.63) is 42.2 Å². The first kappa shape index (κ1) is 27.4. The van der Waals surface area contributed by atoms with E-state index in [-0.39, 0.29) is 5.91 Å². The van der Waals surface area contributed by atoms with Crippen molar-refractivity contribution in [2.45, 2.75) is 38.6 Å². The third-order valence-corrected chi connectivity index (χ3v) is 7.51. The molecule has 2 saturated heterocycles. The highest BCUT2D eigenvalue weighted by molar-refractivity contribution is 5.97. The second-order valence-corrected chi connectivity index (χ2v) is 9.62. The third-order valence-electron chi connectivity index (χ3n) is 7.51. The predicted octanol–water partition coefficient (Wildman–Crippen LogP) is 2.40. The fourth-order valence-corrected chi connectivity index (χ4v) is 5.47. The van der Waals surface area contributed by atoms with Gasteiger partial charge < -0.3 is 25.6 Å². The Hall–Kier alpha value is -3.66. The van der Waals surface area contributed by atoms with Crippen LogP contribution in [-0.4, -0.2) is 84.2 Å². The Morgan fingerprint density at radius 3 is 2.50 bits per heavy atom. The van der Waals surface area contributed by atoms with E-state index < -0.39 is 5.92 Å². The van der Waals surface area contributed by atoms with Crippen molar-refractivity contribution in [1.29, 1.82) is 0 Å². The minimum Gasteiger partial charge on any atom is -0.384 e. The first-order valence-corrected chi connectivity index (χ1v) is 13.6. The van der Waals surface area contributed by atoms with Crippen LogP contribution in [0.25, 0.3) is 10.9 Å². The molecule has 38 heavy (non-hydrogen) atoms. The summed E-state index contributed by atoms with van der Waals surface area (Å²) in [6.45, 7) is 9.93. The second kappa shape index (κ2) is 12.3. The number of nitrogens with zero attached hydrogens (tertiary/aromatic N) is 6. The van der Waals surface area contributed by atoms with Gasteiger partial charge in [0.05, 0.1) is 34.7 Å². The molecule has 204 valence electrons. The van der Waals surface area contributed by atoms with Gasteiger partial charge in [0.2, 0.25) is 5.91 Å². The Kier molecular flexibility index (Phi) is 8.83. The number of likely N-dealkylation sites (N-methyl/N-ethyl adjacent to an activating group) is 1. The number of pyridine rings is 1. The lowest BCUT2D eigenvalue weighted by atomic mass is 9.95. The first-order chi connectivity index (χ1) is 18.5. The Morgan fingerprint density at radius 1 is 1.13 bits per heavy atom. The Bertz CT molecular complexity index is 1230. The normalized spacial score (nSPS) is 16.9. The number of nitrogens with one attached hydrogen (secondary N) is 1. The highest BCUT2D eigenvalue weighted by atomic mass is 16.1. The number of hydrogen-bond acceptors (Lipinski definition) is 8. The van der Waals surface area contributed by atoms with Gasteiger partial charge in [-0.15, -0.1) is 0 Å². The summed E-state index contributed by atoms with van der Waals surface area (Å²) >= 11 is 0. The molecule has 2 aliphatic heterocycles. The molecular formula is C28H40N8O2. The molecule has 0 radical (unpaired) electrons. The predicted molar refractivity (Wildman–Crippen MR) is 153 cm³/mol. The van der Waals surface area contributed by atoms with Crippen molar-refractivity contribution in [2.75, 3.05) is 61.8 Å². The summed E-state index contributed by atoms with van der Waals surface area (Å²) in [5.74, 6) is -0.0105. The average molecular weight is 521 g/mol. The van der Waals surface area contributed by atoms with Crippen molar-refractivity contribution in [3.8, 4) is 0 Å². The van der Waals surface area contributed by atoms with Gasteiger partial charge in [-0.1, -0.05) is 26.0 Å². The molecule has 5 rings (SSSR count). The quantitative estimate of drug-likeness (QED) is 0.436. The van der Waals surface area contributed by atoms with Crippen LogP contribution >= 0.6 is 0 Å². The Balaban J connectivity index is 0.00000164. The van der Waals surface area contributed by atoms with Gasteiger partial charge in [0, 0.05) is 71.2 Å². The highest BCUT2D eigenvalue weighted by Crippen LogP contribution is 2.36. The maximum atomic E-state index is 12.6. The lowest BCUT2D eigenvalue weighted by molar-refractivity contribution is -0.122. The molecule has 3 aromatic rings. The van der Waals surface area contributed by atoms with Crippen molar-refractivity contribution >= 4 is 40.3 Å². The topological polar surface area (TPSA) is 113 Å². The number of aldehydes is 1. The number of benzene rings is 1. The van der Waals surface area contributed by atoms with Crippen molar-refractivity contribution < 1.29 is 9.59 Å². The van der Waals surface area contributed by atoms with E-state index in [1.807, 2.05) is 56.0 Å². The van der Waals surface area contributed by atoms with Gasteiger partial charge >= 0.3 is 0 Å². The van der Waals surface area contributed by atoms with Crippen LogP contribution in [0, 0.1) is 0 Å². The number of piperazine rings is 1. The van der Waals surface area contributed by atoms with E-state index in [0.29, 0.717) is 24.7 Å². The van der Waals surface area contributed by atoms with Crippen LogP contribution in [0.3, 0.4) is 0 Å². The van der Waals surface area contributed by atoms with Gasteiger partial charge in [0.25, 0.3) is 0 Å². The molecule has 2 aliphatic rings.